The number of hydrogen-bond donors (Lipinski definition) is 1. The lowest BCUT2D eigenvalue weighted by atomic mass is 9.75. The minimum absolute atomic E-state index is 0.0111. The van der Waals surface area contributed by atoms with Gasteiger partial charge in [0.15, 0.2) is 0 Å². The Labute approximate surface area is 89.8 Å². The molecule has 1 heterocycles. The van der Waals surface area contributed by atoms with Crippen molar-refractivity contribution in [3.05, 3.63) is 0 Å². The predicted molar refractivity (Wildman–Crippen MR) is 56.0 cm³/mol. The fourth-order valence-electron chi connectivity index (χ4n) is 3.23. The molecule has 1 spiro atoms. The fraction of sp³-hybridized carbons (Fsp3) is 1.00. The Balaban J connectivity index is 2.12. The van der Waals surface area contributed by atoms with Gasteiger partial charge in [0.2, 0.25) is 5.92 Å². The minimum atomic E-state index is -2.45. The summed E-state index contributed by atoms with van der Waals surface area (Å²) in [6, 6.07) is 0.0912. The van der Waals surface area contributed by atoms with Crippen molar-refractivity contribution >= 4 is 0 Å². The van der Waals surface area contributed by atoms with Crippen LogP contribution in [0.25, 0.3) is 0 Å². The molecular weight excluding hydrogens is 198 g/mol. The van der Waals surface area contributed by atoms with Crippen LogP contribution in [0.15, 0.2) is 0 Å². The van der Waals surface area contributed by atoms with Crippen LogP contribution in [0.1, 0.15) is 39.0 Å². The molecule has 2 rings (SSSR count). The van der Waals surface area contributed by atoms with Crippen LogP contribution >= 0.6 is 0 Å². The first-order valence-corrected chi connectivity index (χ1v) is 5.89. The van der Waals surface area contributed by atoms with Gasteiger partial charge >= 0.3 is 0 Å². The molecule has 1 saturated carbocycles. The van der Waals surface area contributed by atoms with E-state index in [4.69, 9.17) is 5.73 Å². The number of likely N-dealkylation sites (N-methyl/N-ethyl adjacent to an activating group) is 1. The highest BCUT2D eigenvalue weighted by atomic mass is 19.3. The molecule has 88 valence electrons. The van der Waals surface area contributed by atoms with Crippen molar-refractivity contribution in [1.29, 1.82) is 0 Å². The summed E-state index contributed by atoms with van der Waals surface area (Å²) in [6.07, 6.45) is 2.11. The molecular formula is C11H20F2N2. The van der Waals surface area contributed by atoms with Gasteiger partial charge in [-0.1, -0.05) is 6.92 Å². The Hall–Kier alpha value is -0.220. The number of nitrogens with two attached hydrogens (primary N) is 1. The monoisotopic (exact) mass is 218 g/mol. The molecule has 0 bridgehead atoms. The molecule has 0 amide bonds. The van der Waals surface area contributed by atoms with Gasteiger partial charge in [-0.05, 0) is 25.8 Å². The zero-order chi connectivity index (χ0) is 11.1. The molecule has 0 aromatic carbocycles. The van der Waals surface area contributed by atoms with E-state index >= 15 is 0 Å². The third-order valence-corrected chi connectivity index (χ3v) is 4.26. The summed E-state index contributed by atoms with van der Waals surface area (Å²) in [5.74, 6) is -2.45. The average Bonchev–Trinajstić information content (AvgIpc) is 2.50. The zero-order valence-electron chi connectivity index (χ0n) is 9.31. The summed E-state index contributed by atoms with van der Waals surface area (Å²) < 4.78 is 26.3. The standard InChI is InChI=1S/C11H20F2N2/c1-2-15-8-3-9(14)10(15)4-6-11(12,13)7-5-10/h9H,2-8,14H2,1H3. The zero-order valence-corrected chi connectivity index (χ0v) is 9.31. The van der Waals surface area contributed by atoms with Crippen LogP contribution < -0.4 is 5.73 Å². The van der Waals surface area contributed by atoms with E-state index in [-0.39, 0.29) is 24.4 Å². The van der Waals surface area contributed by atoms with E-state index in [1.54, 1.807) is 0 Å². The second kappa shape index (κ2) is 3.67. The van der Waals surface area contributed by atoms with Gasteiger partial charge in [0.25, 0.3) is 0 Å². The van der Waals surface area contributed by atoms with Crippen molar-refractivity contribution in [3.63, 3.8) is 0 Å². The van der Waals surface area contributed by atoms with Gasteiger partial charge < -0.3 is 5.73 Å². The summed E-state index contributed by atoms with van der Waals surface area (Å²) >= 11 is 0. The van der Waals surface area contributed by atoms with E-state index in [2.05, 4.69) is 11.8 Å². The summed E-state index contributed by atoms with van der Waals surface area (Å²) in [6.45, 7) is 4.00. The van der Waals surface area contributed by atoms with Crippen LogP contribution in [0.4, 0.5) is 8.78 Å². The minimum Gasteiger partial charge on any atom is -0.326 e. The second-order valence-corrected chi connectivity index (χ2v) is 4.93. The molecule has 1 aliphatic heterocycles. The summed E-state index contributed by atoms with van der Waals surface area (Å²) in [4.78, 5) is 2.31. The third-order valence-electron chi connectivity index (χ3n) is 4.26. The van der Waals surface area contributed by atoms with Crippen LogP contribution in [0, 0.1) is 0 Å². The molecule has 1 saturated heterocycles. The molecule has 1 unspecified atom stereocenters. The first-order chi connectivity index (χ1) is 7.00. The lowest BCUT2D eigenvalue weighted by Crippen LogP contribution is -2.56. The maximum atomic E-state index is 13.1. The number of rotatable bonds is 1. The lowest BCUT2D eigenvalue weighted by molar-refractivity contribution is -0.0755. The first-order valence-electron chi connectivity index (χ1n) is 5.89. The van der Waals surface area contributed by atoms with Gasteiger partial charge in [-0.25, -0.2) is 8.78 Å². The van der Waals surface area contributed by atoms with Gasteiger partial charge in [0.1, 0.15) is 0 Å². The van der Waals surface area contributed by atoms with Crippen molar-refractivity contribution in [3.8, 4) is 0 Å². The molecule has 4 heteroatoms. The topological polar surface area (TPSA) is 29.3 Å². The van der Waals surface area contributed by atoms with Crippen molar-refractivity contribution in [1.82, 2.24) is 4.90 Å². The number of alkyl halides is 2. The van der Waals surface area contributed by atoms with Crippen molar-refractivity contribution in [2.45, 2.75) is 56.5 Å². The van der Waals surface area contributed by atoms with Gasteiger partial charge in [-0.3, -0.25) is 4.90 Å². The van der Waals surface area contributed by atoms with E-state index in [0.717, 1.165) is 19.5 Å². The SMILES string of the molecule is CCN1CCC(N)C12CCC(F)(F)CC2. The van der Waals surface area contributed by atoms with E-state index < -0.39 is 5.92 Å². The second-order valence-electron chi connectivity index (χ2n) is 4.93. The Morgan fingerprint density at radius 1 is 1.27 bits per heavy atom. The molecule has 0 radical (unpaired) electrons. The van der Waals surface area contributed by atoms with Crippen molar-refractivity contribution in [2.24, 2.45) is 5.73 Å². The van der Waals surface area contributed by atoms with Crippen LogP contribution in [-0.2, 0) is 0 Å². The molecule has 2 aliphatic rings. The molecule has 2 nitrogen and oxygen atoms in total. The number of halogens is 2. The number of likely N-dealkylation sites (tertiary alicyclic amines) is 1. The maximum absolute atomic E-state index is 13.1. The largest absolute Gasteiger partial charge is 0.326 e. The normalized spacial score (nSPS) is 34.8. The molecule has 15 heavy (non-hydrogen) atoms. The van der Waals surface area contributed by atoms with Crippen LogP contribution in [0.5, 0.6) is 0 Å². The highest BCUT2D eigenvalue weighted by Gasteiger charge is 2.51. The van der Waals surface area contributed by atoms with E-state index in [1.807, 2.05) is 0 Å². The Morgan fingerprint density at radius 2 is 1.87 bits per heavy atom. The van der Waals surface area contributed by atoms with Gasteiger partial charge in [-0.15, -0.1) is 0 Å². The van der Waals surface area contributed by atoms with Gasteiger partial charge in [-0.2, -0.15) is 0 Å². The lowest BCUT2D eigenvalue weighted by Gasteiger charge is -2.45. The van der Waals surface area contributed by atoms with E-state index in [9.17, 15) is 8.78 Å². The number of hydrogen-bond acceptors (Lipinski definition) is 2. The van der Waals surface area contributed by atoms with Gasteiger partial charge in [0, 0.05) is 31.0 Å². The predicted octanol–water partition coefficient (Wildman–Crippen LogP) is 1.99. The highest BCUT2D eigenvalue weighted by molar-refractivity contribution is 5.07. The summed E-state index contributed by atoms with van der Waals surface area (Å²) in [5.41, 5.74) is 6.00. The van der Waals surface area contributed by atoms with Crippen molar-refractivity contribution < 1.29 is 8.78 Å². The molecule has 0 aromatic rings. The van der Waals surface area contributed by atoms with E-state index in [1.165, 1.54) is 0 Å². The van der Waals surface area contributed by atoms with Crippen molar-refractivity contribution in [2.75, 3.05) is 13.1 Å². The number of nitrogens with zero attached hydrogens (tertiary/aromatic N) is 1. The molecule has 1 aliphatic carbocycles. The first kappa shape index (κ1) is 11.3. The Kier molecular flexibility index (Phi) is 2.75. The fourth-order valence-corrected chi connectivity index (χ4v) is 3.23. The quantitative estimate of drug-likeness (QED) is 0.729. The Bertz CT molecular complexity index is 233. The summed E-state index contributed by atoms with van der Waals surface area (Å²) in [7, 11) is 0. The smallest absolute Gasteiger partial charge is 0.248 e. The maximum Gasteiger partial charge on any atom is 0.248 e. The van der Waals surface area contributed by atoms with E-state index in [0.29, 0.717) is 12.8 Å². The van der Waals surface area contributed by atoms with Crippen LogP contribution in [0.2, 0.25) is 0 Å². The Morgan fingerprint density at radius 3 is 2.40 bits per heavy atom. The van der Waals surface area contributed by atoms with Gasteiger partial charge in [0.05, 0.1) is 0 Å². The highest BCUT2D eigenvalue weighted by Crippen LogP contribution is 2.45. The van der Waals surface area contributed by atoms with Crippen LogP contribution in [0.3, 0.4) is 0 Å². The summed E-state index contributed by atoms with van der Waals surface area (Å²) in [5, 5.41) is 0. The average molecular weight is 218 g/mol. The molecule has 0 aromatic heterocycles. The molecule has 2 fully saturated rings. The molecule has 2 N–H and O–H groups in total. The molecule has 1 atom stereocenters. The third kappa shape index (κ3) is 1.78. The van der Waals surface area contributed by atoms with Crippen LogP contribution in [-0.4, -0.2) is 35.5 Å².